The van der Waals surface area contributed by atoms with Crippen molar-refractivity contribution in [3.05, 3.63) is 42.0 Å². The number of unbranched alkanes of at least 4 members (excludes halogenated alkanes) is 2. The predicted molar refractivity (Wildman–Crippen MR) is 152 cm³/mol. The summed E-state index contributed by atoms with van der Waals surface area (Å²) in [6.45, 7) is 11.3. The van der Waals surface area contributed by atoms with Gasteiger partial charge in [0.05, 0.1) is 6.42 Å². The van der Waals surface area contributed by atoms with Crippen LogP contribution in [0.5, 0.6) is 0 Å². The molecule has 2 rings (SSSR count). The van der Waals surface area contributed by atoms with Crippen LogP contribution in [0, 0.1) is 0 Å². The second-order valence-corrected chi connectivity index (χ2v) is 11.2. The first kappa shape index (κ1) is 31.9. The minimum Gasteiger partial charge on any atom is -0.444 e. The van der Waals surface area contributed by atoms with E-state index >= 15 is 0 Å². The molecule has 39 heavy (non-hydrogen) atoms. The zero-order valence-electron chi connectivity index (χ0n) is 24.0. The summed E-state index contributed by atoms with van der Waals surface area (Å²) in [5.74, 6) is -1.61. The smallest absolute Gasteiger partial charge is 0.408 e. The van der Waals surface area contributed by atoms with Gasteiger partial charge < -0.3 is 26.0 Å². The maximum Gasteiger partial charge on any atom is 0.408 e. The van der Waals surface area contributed by atoms with E-state index in [2.05, 4.69) is 17.2 Å². The molecule has 1 fully saturated rings. The molecular formula is C30H46N4O5. The van der Waals surface area contributed by atoms with Crippen molar-refractivity contribution in [2.24, 2.45) is 5.73 Å². The molecule has 4 amide bonds. The minimum atomic E-state index is -1.29. The van der Waals surface area contributed by atoms with E-state index in [1.54, 1.807) is 26.8 Å². The lowest BCUT2D eigenvalue weighted by molar-refractivity contribution is -0.143. The van der Waals surface area contributed by atoms with Gasteiger partial charge in [-0.3, -0.25) is 14.4 Å². The molecule has 0 spiro atoms. The van der Waals surface area contributed by atoms with Gasteiger partial charge in [-0.25, -0.2) is 4.79 Å². The molecule has 0 aromatic heterocycles. The third-order valence-electron chi connectivity index (χ3n) is 6.65. The summed E-state index contributed by atoms with van der Waals surface area (Å²) in [6.07, 6.45) is 7.82. The fourth-order valence-electron chi connectivity index (χ4n) is 4.81. The highest BCUT2D eigenvalue weighted by atomic mass is 16.6. The molecule has 0 saturated heterocycles. The van der Waals surface area contributed by atoms with Crippen molar-refractivity contribution in [1.82, 2.24) is 15.5 Å². The highest BCUT2D eigenvalue weighted by Gasteiger charge is 2.37. The first-order chi connectivity index (χ1) is 18.4. The van der Waals surface area contributed by atoms with Crippen molar-refractivity contribution in [3.63, 3.8) is 0 Å². The first-order valence-electron chi connectivity index (χ1n) is 14.1. The molecule has 1 aliphatic rings. The van der Waals surface area contributed by atoms with Gasteiger partial charge in [-0.05, 0) is 57.2 Å². The number of rotatable bonds is 13. The highest BCUT2D eigenvalue weighted by Crippen LogP contribution is 2.27. The summed E-state index contributed by atoms with van der Waals surface area (Å²) >= 11 is 0. The first-order valence-corrected chi connectivity index (χ1v) is 14.1. The van der Waals surface area contributed by atoms with Gasteiger partial charge in [-0.1, -0.05) is 69.9 Å². The van der Waals surface area contributed by atoms with E-state index in [0.29, 0.717) is 12.0 Å². The largest absolute Gasteiger partial charge is 0.444 e. The number of nitrogens with zero attached hydrogens (tertiary/aromatic N) is 1. The molecule has 0 bridgehead atoms. The maximum atomic E-state index is 14.1. The molecule has 1 aromatic rings. The summed E-state index contributed by atoms with van der Waals surface area (Å²) in [5, 5.41) is 5.69. The Morgan fingerprint density at radius 2 is 1.85 bits per heavy atom. The van der Waals surface area contributed by atoms with Crippen LogP contribution in [0.15, 0.2) is 30.8 Å². The van der Waals surface area contributed by atoms with Crippen molar-refractivity contribution >= 4 is 29.9 Å². The van der Waals surface area contributed by atoms with Crippen LogP contribution in [0.4, 0.5) is 4.79 Å². The predicted octanol–water partition coefficient (Wildman–Crippen LogP) is 4.61. The van der Waals surface area contributed by atoms with Crippen molar-refractivity contribution in [2.45, 2.75) is 109 Å². The fourth-order valence-corrected chi connectivity index (χ4v) is 4.81. The molecule has 0 aliphatic heterocycles. The van der Waals surface area contributed by atoms with E-state index in [1.165, 1.54) is 4.90 Å². The number of carbonyl (C=O) groups is 4. The van der Waals surface area contributed by atoms with Crippen LogP contribution in [0.1, 0.15) is 103 Å². The quantitative estimate of drug-likeness (QED) is 0.313. The molecule has 0 radical (unpaired) electrons. The molecule has 0 heterocycles. The summed E-state index contributed by atoms with van der Waals surface area (Å²) in [6, 6.07) is 5.12. The van der Waals surface area contributed by atoms with Gasteiger partial charge >= 0.3 is 6.09 Å². The molecule has 216 valence electrons. The zero-order valence-corrected chi connectivity index (χ0v) is 24.0. The highest BCUT2D eigenvalue weighted by molar-refractivity contribution is 5.94. The number of alkyl carbamates (subject to hydrolysis) is 1. The van der Waals surface area contributed by atoms with Crippen LogP contribution >= 0.6 is 0 Å². The van der Waals surface area contributed by atoms with Crippen molar-refractivity contribution in [2.75, 3.05) is 6.54 Å². The number of primary amides is 1. The van der Waals surface area contributed by atoms with Gasteiger partial charge in [0, 0.05) is 12.6 Å². The number of ether oxygens (including phenoxy) is 1. The normalized spacial score (nSPS) is 15.5. The second kappa shape index (κ2) is 15.3. The number of hydrogen-bond acceptors (Lipinski definition) is 5. The Morgan fingerprint density at radius 1 is 1.15 bits per heavy atom. The molecule has 1 aliphatic carbocycles. The van der Waals surface area contributed by atoms with Gasteiger partial charge in [0.15, 0.2) is 0 Å². The Labute approximate surface area is 232 Å². The van der Waals surface area contributed by atoms with E-state index in [9.17, 15) is 19.2 Å². The zero-order chi connectivity index (χ0) is 29.0. The average molecular weight is 543 g/mol. The van der Waals surface area contributed by atoms with Crippen molar-refractivity contribution < 1.29 is 23.9 Å². The third kappa shape index (κ3) is 10.7. The summed E-state index contributed by atoms with van der Waals surface area (Å²) in [4.78, 5) is 54.0. The molecule has 4 N–H and O–H groups in total. The third-order valence-corrected chi connectivity index (χ3v) is 6.65. The number of benzene rings is 1. The lowest BCUT2D eigenvalue weighted by Crippen LogP contribution is -2.55. The van der Waals surface area contributed by atoms with E-state index in [1.807, 2.05) is 31.2 Å². The Bertz CT molecular complexity index is 997. The van der Waals surface area contributed by atoms with E-state index in [0.717, 1.165) is 50.5 Å². The van der Waals surface area contributed by atoms with Crippen LogP contribution in [0.3, 0.4) is 0 Å². The number of nitrogens with two attached hydrogens (primary N) is 1. The van der Waals surface area contributed by atoms with Crippen LogP contribution in [0.2, 0.25) is 0 Å². The maximum absolute atomic E-state index is 14.1. The van der Waals surface area contributed by atoms with Gasteiger partial charge in [-0.15, -0.1) is 0 Å². The number of hydrogen-bond donors (Lipinski definition) is 3. The minimum absolute atomic E-state index is 0.0326. The molecule has 9 nitrogen and oxygen atoms in total. The van der Waals surface area contributed by atoms with Crippen LogP contribution < -0.4 is 16.4 Å². The van der Waals surface area contributed by atoms with Crippen LogP contribution in [0.25, 0.3) is 6.08 Å². The monoisotopic (exact) mass is 542 g/mol. The molecule has 2 unspecified atom stereocenters. The lowest BCUT2D eigenvalue weighted by atomic mass is 9.94. The van der Waals surface area contributed by atoms with Crippen LogP contribution in [-0.4, -0.2) is 52.9 Å². The summed E-state index contributed by atoms with van der Waals surface area (Å²) in [5.41, 5.74) is 6.10. The molecule has 2 atom stereocenters. The Hall–Kier alpha value is -3.36. The molecule has 1 saturated carbocycles. The van der Waals surface area contributed by atoms with Gasteiger partial charge in [0.1, 0.15) is 17.7 Å². The topological polar surface area (TPSA) is 131 Å². The average Bonchev–Trinajstić information content (AvgIpc) is 2.86. The van der Waals surface area contributed by atoms with E-state index in [-0.39, 0.29) is 18.5 Å². The molecular weight excluding hydrogens is 496 g/mol. The number of carbonyl (C=O) groups excluding carboxylic acids is 4. The van der Waals surface area contributed by atoms with Crippen molar-refractivity contribution in [1.29, 1.82) is 0 Å². The SMILES string of the molecule is C=Cc1cccc(C(C(=O)NC2CCCCC2)N(CCCCC)C(=O)C(CC(N)=O)NC(=O)OC(C)(C)C)c1. The fraction of sp³-hybridized carbons (Fsp3) is 0.600. The number of nitrogens with one attached hydrogen (secondary N) is 2. The summed E-state index contributed by atoms with van der Waals surface area (Å²) in [7, 11) is 0. The second-order valence-electron chi connectivity index (χ2n) is 11.2. The molecule has 1 aromatic carbocycles. The molecule has 9 heteroatoms. The summed E-state index contributed by atoms with van der Waals surface area (Å²) < 4.78 is 5.34. The van der Waals surface area contributed by atoms with Crippen LogP contribution in [-0.2, 0) is 19.1 Å². The van der Waals surface area contributed by atoms with Gasteiger partial charge in [-0.2, -0.15) is 0 Å². The van der Waals surface area contributed by atoms with E-state index < -0.39 is 42.0 Å². The van der Waals surface area contributed by atoms with Gasteiger partial charge in [0.25, 0.3) is 0 Å². The Morgan fingerprint density at radius 3 is 2.44 bits per heavy atom. The Balaban J connectivity index is 2.50. The van der Waals surface area contributed by atoms with Gasteiger partial charge in [0.2, 0.25) is 17.7 Å². The van der Waals surface area contributed by atoms with E-state index in [4.69, 9.17) is 10.5 Å². The Kier molecular flexibility index (Phi) is 12.5. The number of amides is 4. The lowest BCUT2D eigenvalue weighted by Gasteiger charge is -2.35. The standard InChI is InChI=1S/C30H46N4O5/c1-6-8-12-18-34(28(37)24(20-25(31)35)33-29(38)39-30(3,4)5)26(22-15-13-14-21(7-2)19-22)27(36)32-23-16-10-9-11-17-23/h7,13-15,19,23-24,26H,2,6,8-12,16-18,20H2,1,3-5H3,(H2,31,35)(H,32,36)(H,33,38). The van der Waals surface area contributed by atoms with Crippen molar-refractivity contribution in [3.8, 4) is 0 Å².